The quantitative estimate of drug-likeness (QED) is 0.427. The first kappa shape index (κ1) is 20.0. The van der Waals surface area contributed by atoms with Crippen molar-refractivity contribution in [2.45, 2.75) is 38.1 Å². The fourth-order valence-corrected chi connectivity index (χ4v) is 4.21. The maximum absolute atomic E-state index is 13.3. The number of nitrogens with one attached hydrogen (secondary N) is 1. The summed E-state index contributed by atoms with van der Waals surface area (Å²) in [5.74, 6) is -0.00569. The molecule has 4 N–H and O–H groups in total. The lowest BCUT2D eigenvalue weighted by molar-refractivity contribution is 0.0930. The monoisotopic (exact) mass is 428 g/mol. The molecular weight excluding hydrogens is 404 g/mol. The number of nitrogens with two attached hydrogens (primary N) is 1. The van der Waals surface area contributed by atoms with Crippen molar-refractivity contribution in [1.82, 2.24) is 20.0 Å². The van der Waals surface area contributed by atoms with E-state index in [-0.39, 0.29) is 29.1 Å². The molecular formula is C24H24N6O2. The minimum atomic E-state index is -0.263. The van der Waals surface area contributed by atoms with Crippen LogP contribution in [0.15, 0.2) is 53.6 Å². The van der Waals surface area contributed by atoms with Gasteiger partial charge in [0.1, 0.15) is 22.6 Å². The lowest BCUT2D eigenvalue weighted by Gasteiger charge is -2.22. The summed E-state index contributed by atoms with van der Waals surface area (Å²) in [6.45, 7) is 0. The predicted molar refractivity (Wildman–Crippen MR) is 125 cm³/mol. The first-order valence-electron chi connectivity index (χ1n) is 10.8. The molecule has 8 nitrogen and oxygen atoms in total. The third kappa shape index (κ3) is 3.64. The Morgan fingerprint density at radius 2 is 1.75 bits per heavy atom. The molecule has 2 heterocycles. The number of carbonyl (C=O) groups is 1. The molecule has 4 aromatic rings. The SMILES string of the molecule is Nc1c(C(=O)NC2CCCCC2)c2nc3ccccc3nc2n1/N=C\c1ccccc1O. The van der Waals surface area contributed by atoms with E-state index in [1.54, 1.807) is 24.3 Å². The highest BCUT2D eigenvalue weighted by Crippen LogP contribution is 2.29. The molecule has 0 saturated heterocycles. The molecule has 1 fully saturated rings. The standard InChI is InChI=1S/C24H24N6O2/c25-22-20(24(32)27-16-9-2-1-3-10-16)21-23(29-18-12-6-5-11-17(18)28-21)30(22)26-14-15-8-4-7-13-19(15)31/h4-8,11-14,16,31H,1-3,9-10,25H2,(H,27,32)/b26-14-. The van der Waals surface area contributed by atoms with Gasteiger partial charge in [-0.15, -0.1) is 0 Å². The minimum absolute atomic E-state index is 0.0954. The molecule has 2 aromatic carbocycles. The Morgan fingerprint density at radius 3 is 2.50 bits per heavy atom. The highest BCUT2D eigenvalue weighted by molar-refractivity contribution is 6.10. The number of hydrogen-bond acceptors (Lipinski definition) is 6. The van der Waals surface area contributed by atoms with Crippen molar-refractivity contribution in [1.29, 1.82) is 0 Å². The lowest BCUT2D eigenvalue weighted by Crippen LogP contribution is -2.36. The Bertz CT molecular complexity index is 1340. The predicted octanol–water partition coefficient (Wildman–Crippen LogP) is 3.82. The van der Waals surface area contributed by atoms with Gasteiger partial charge in [-0.25, -0.2) is 9.97 Å². The second kappa shape index (κ2) is 8.30. The van der Waals surface area contributed by atoms with Gasteiger partial charge >= 0.3 is 0 Å². The van der Waals surface area contributed by atoms with Gasteiger partial charge in [0.2, 0.25) is 0 Å². The van der Waals surface area contributed by atoms with Crippen LogP contribution in [0.2, 0.25) is 0 Å². The van der Waals surface area contributed by atoms with Crippen molar-refractivity contribution in [3.05, 3.63) is 59.7 Å². The molecule has 162 valence electrons. The van der Waals surface area contributed by atoms with Crippen molar-refractivity contribution >= 4 is 40.1 Å². The van der Waals surface area contributed by atoms with Crippen LogP contribution in [0.3, 0.4) is 0 Å². The number of nitrogens with zero attached hydrogens (tertiary/aromatic N) is 4. The maximum Gasteiger partial charge on any atom is 0.257 e. The van der Waals surface area contributed by atoms with E-state index >= 15 is 0 Å². The fourth-order valence-electron chi connectivity index (χ4n) is 4.21. The lowest BCUT2D eigenvalue weighted by atomic mass is 9.95. The maximum atomic E-state index is 13.3. The van der Waals surface area contributed by atoms with Crippen molar-refractivity contribution in [2.24, 2.45) is 5.10 Å². The van der Waals surface area contributed by atoms with Crippen molar-refractivity contribution in [2.75, 3.05) is 5.73 Å². The first-order chi connectivity index (χ1) is 15.6. The Balaban J connectivity index is 1.64. The van der Waals surface area contributed by atoms with Crippen molar-refractivity contribution in [3.63, 3.8) is 0 Å². The fraction of sp³-hybridized carbons (Fsp3) is 0.250. The second-order valence-corrected chi connectivity index (χ2v) is 8.07. The summed E-state index contributed by atoms with van der Waals surface area (Å²) >= 11 is 0. The number of nitrogen functional groups attached to an aromatic ring is 1. The molecule has 1 saturated carbocycles. The van der Waals surface area contributed by atoms with Crippen LogP contribution < -0.4 is 11.1 Å². The van der Waals surface area contributed by atoms with Crippen LogP contribution >= 0.6 is 0 Å². The van der Waals surface area contributed by atoms with Gasteiger partial charge in [-0.3, -0.25) is 4.79 Å². The van der Waals surface area contributed by atoms with E-state index in [1.807, 2.05) is 24.3 Å². The summed E-state index contributed by atoms with van der Waals surface area (Å²) in [4.78, 5) is 22.6. The molecule has 0 radical (unpaired) electrons. The Labute approximate surface area is 184 Å². The number of rotatable bonds is 4. The molecule has 1 aliphatic carbocycles. The molecule has 0 unspecified atom stereocenters. The molecule has 1 aliphatic rings. The van der Waals surface area contributed by atoms with E-state index < -0.39 is 0 Å². The molecule has 5 rings (SSSR count). The van der Waals surface area contributed by atoms with Gasteiger partial charge in [0, 0.05) is 11.6 Å². The zero-order valence-electron chi connectivity index (χ0n) is 17.5. The van der Waals surface area contributed by atoms with Crippen LogP contribution in [0, 0.1) is 0 Å². The molecule has 1 amide bonds. The number of aromatic nitrogens is 3. The number of amides is 1. The third-order valence-corrected chi connectivity index (χ3v) is 5.89. The van der Waals surface area contributed by atoms with Crippen LogP contribution in [0.5, 0.6) is 5.75 Å². The number of phenolic OH excluding ortho intramolecular Hbond substituents is 1. The summed E-state index contributed by atoms with van der Waals surface area (Å²) < 4.78 is 1.41. The van der Waals surface area contributed by atoms with Gasteiger partial charge in [-0.1, -0.05) is 43.5 Å². The zero-order chi connectivity index (χ0) is 22.1. The molecule has 8 heteroatoms. The van der Waals surface area contributed by atoms with E-state index in [0.29, 0.717) is 27.8 Å². The van der Waals surface area contributed by atoms with Gasteiger partial charge in [-0.05, 0) is 37.1 Å². The highest BCUT2D eigenvalue weighted by Gasteiger charge is 2.26. The van der Waals surface area contributed by atoms with Crippen LogP contribution in [0.25, 0.3) is 22.2 Å². The molecule has 0 spiro atoms. The number of carbonyl (C=O) groups excluding carboxylic acids is 1. The minimum Gasteiger partial charge on any atom is -0.507 e. The van der Waals surface area contributed by atoms with E-state index in [4.69, 9.17) is 10.7 Å². The number of aromatic hydroxyl groups is 1. The van der Waals surface area contributed by atoms with Gasteiger partial charge in [0.15, 0.2) is 5.65 Å². The summed E-state index contributed by atoms with van der Waals surface area (Å²) in [5, 5.41) is 17.6. The number of anilines is 1. The number of para-hydroxylation sites is 3. The third-order valence-electron chi connectivity index (χ3n) is 5.89. The topological polar surface area (TPSA) is 118 Å². The summed E-state index contributed by atoms with van der Waals surface area (Å²) in [7, 11) is 0. The Hall–Kier alpha value is -3.94. The number of hydrogen-bond donors (Lipinski definition) is 3. The van der Waals surface area contributed by atoms with E-state index in [1.165, 1.54) is 17.3 Å². The van der Waals surface area contributed by atoms with Gasteiger partial charge < -0.3 is 16.2 Å². The van der Waals surface area contributed by atoms with Gasteiger partial charge in [0.25, 0.3) is 5.91 Å². The Morgan fingerprint density at radius 1 is 1.06 bits per heavy atom. The van der Waals surface area contributed by atoms with Crippen LogP contribution in [0.4, 0.5) is 5.82 Å². The van der Waals surface area contributed by atoms with Gasteiger partial charge in [0.05, 0.1) is 17.2 Å². The van der Waals surface area contributed by atoms with Crippen molar-refractivity contribution < 1.29 is 9.90 Å². The second-order valence-electron chi connectivity index (χ2n) is 8.07. The number of phenols is 1. The van der Waals surface area contributed by atoms with Gasteiger partial charge in [-0.2, -0.15) is 9.78 Å². The summed E-state index contributed by atoms with van der Waals surface area (Å²) in [6, 6.07) is 14.4. The average molecular weight is 428 g/mol. The van der Waals surface area contributed by atoms with Crippen LogP contribution in [-0.4, -0.2) is 37.9 Å². The smallest absolute Gasteiger partial charge is 0.257 e. The first-order valence-corrected chi connectivity index (χ1v) is 10.8. The summed E-state index contributed by atoms with van der Waals surface area (Å²) in [6.07, 6.45) is 6.83. The average Bonchev–Trinajstić information content (AvgIpc) is 3.08. The van der Waals surface area contributed by atoms with E-state index in [2.05, 4.69) is 15.4 Å². The highest BCUT2D eigenvalue weighted by atomic mass is 16.3. The summed E-state index contributed by atoms with van der Waals surface area (Å²) in [5.41, 5.74) is 9.38. The number of benzene rings is 2. The molecule has 32 heavy (non-hydrogen) atoms. The van der Waals surface area contributed by atoms with E-state index in [9.17, 15) is 9.90 Å². The zero-order valence-corrected chi connectivity index (χ0v) is 17.5. The molecule has 2 aromatic heterocycles. The normalized spacial score (nSPS) is 15.0. The Kier molecular flexibility index (Phi) is 5.18. The molecule has 0 atom stereocenters. The molecule has 0 aliphatic heterocycles. The van der Waals surface area contributed by atoms with Crippen LogP contribution in [-0.2, 0) is 0 Å². The van der Waals surface area contributed by atoms with Crippen LogP contribution in [0.1, 0.15) is 48.0 Å². The van der Waals surface area contributed by atoms with E-state index in [0.717, 1.165) is 25.7 Å². The van der Waals surface area contributed by atoms with Crippen molar-refractivity contribution in [3.8, 4) is 5.75 Å². The number of fused-ring (bicyclic) bond motifs is 2. The largest absolute Gasteiger partial charge is 0.507 e. The molecule has 0 bridgehead atoms.